The molecule has 1 radical (unpaired) electrons. The van der Waals surface area contributed by atoms with Gasteiger partial charge in [-0.15, -0.1) is 0 Å². The van der Waals surface area contributed by atoms with E-state index in [0.29, 0.717) is 5.92 Å². The summed E-state index contributed by atoms with van der Waals surface area (Å²) >= 11 is 0. The van der Waals surface area contributed by atoms with E-state index >= 15 is 0 Å². The summed E-state index contributed by atoms with van der Waals surface area (Å²) in [6, 6.07) is 8.04. The highest BCUT2D eigenvalue weighted by Crippen LogP contribution is 2.56. The summed E-state index contributed by atoms with van der Waals surface area (Å²) in [6.07, 6.45) is 2.08. The Morgan fingerprint density at radius 2 is 2.22 bits per heavy atom. The molecule has 1 aliphatic heterocycles. The molecule has 1 heterocycles. The van der Waals surface area contributed by atoms with Gasteiger partial charge in [-0.2, -0.15) is 0 Å². The number of carbonyl (C=O) groups is 1. The van der Waals surface area contributed by atoms with Gasteiger partial charge in [0.25, 0.3) is 0 Å². The summed E-state index contributed by atoms with van der Waals surface area (Å²) in [6.45, 7) is 2.57. The van der Waals surface area contributed by atoms with E-state index in [2.05, 4.69) is 23.5 Å². The molecule has 4 nitrogen and oxygen atoms in total. The van der Waals surface area contributed by atoms with Gasteiger partial charge in [0.15, 0.2) is 0 Å². The normalized spacial score (nSPS) is 29.9. The van der Waals surface area contributed by atoms with Gasteiger partial charge < -0.3 is 10.5 Å². The van der Waals surface area contributed by atoms with Crippen molar-refractivity contribution < 1.29 is 9.53 Å². The van der Waals surface area contributed by atoms with E-state index in [4.69, 9.17) is 10.5 Å². The quantitative estimate of drug-likeness (QED) is 0.854. The van der Waals surface area contributed by atoms with Crippen LogP contribution in [0.2, 0.25) is 0 Å². The summed E-state index contributed by atoms with van der Waals surface area (Å²) in [7, 11) is 1.66. The number of nitrogens with zero attached hydrogens (tertiary/aromatic N) is 1. The van der Waals surface area contributed by atoms with E-state index in [9.17, 15) is 4.79 Å². The highest BCUT2D eigenvalue weighted by molar-refractivity contribution is 5.88. The van der Waals surface area contributed by atoms with Crippen LogP contribution in [0, 0.1) is 17.8 Å². The molecule has 3 rings (SSSR count). The molecule has 4 heteroatoms. The molecular weight excluding hydrogens is 228 g/mol. The Balaban J connectivity index is 1.63. The van der Waals surface area contributed by atoms with Crippen LogP contribution in [0.4, 0.5) is 0 Å². The molecule has 2 fully saturated rings. The number of hydrogen-bond donors (Lipinski definition) is 1. The number of methoxy groups -OCH3 is 1. The minimum absolute atomic E-state index is 0.176. The van der Waals surface area contributed by atoms with Gasteiger partial charge in [0, 0.05) is 19.6 Å². The molecule has 1 aromatic rings. The first kappa shape index (κ1) is 11.5. The maximum atomic E-state index is 11.4. The first-order valence-corrected chi connectivity index (χ1v) is 6.15. The number of hydrogen-bond acceptors (Lipinski definition) is 3. The highest BCUT2D eigenvalue weighted by atomic mass is 16.5. The number of ether oxygens (including phenoxy) is 1. The molecule has 2 atom stereocenters. The Kier molecular flexibility index (Phi) is 2.55. The molecule has 1 saturated carbocycles. The van der Waals surface area contributed by atoms with Gasteiger partial charge in [-0.1, -0.05) is 12.1 Å². The Hall–Kier alpha value is -1.55. The molecule has 2 N–H and O–H groups in total. The lowest BCUT2D eigenvalue weighted by Gasteiger charge is -2.19. The van der Waals surface area contributed by atoms with Crippen molar-refractivity contribution in [1.82, 2.24) is 4.90 Å². The first-order valence-electron chi connectivity index (χ1n) is 6.15. The SMILES string of the molecule is COc1ccc(CN2CC3[CH]C3(C(N)=O)C2)cc1. The summed E-state index contributed by atoms with van der Waals surface area (Å²) in [5.41, 5.74) is 6.36. The third kappa shape index (κ3) is 1.77. The van der Waals surface area contributed by atoms with E-state index in [1.165, 1.54) is 5.56 Å². The fourth-order valence-corrected chi connectivity index (χ4v) is 2.86. The minimum atomic E-state index is -0.327. The molecule has 18 heavy (non-hydrogen) atoms. The average Bonchev–Trinajstić information content (AvgIpc) is 2.94. The molecule has 95 valence electrons. The van der Waals surface area contributed by atoms with Gasteiger partial charge >= 0.3 is 0 Å². The monoisotopic (exact) mass is 245 g/mol. The van der Waals surface area contributed by atoms with Crippen molar-refractivity contribution in [2.75, 3.05) is 20.2 Å². The standard InChI is InChI=1S/C14H17N2O2/c1-18-12-4-2-10(3-5-12)7-16-8-11-6-14(11,9-16)13(15)17/h2-6,11H,7-9H2,1H3,(H2,15,17). The van der Waals surface area contributed by atoms with Crippen molar-refractivity contribution in [1.29, 1.82) is 0 Å². The third-order valence-electron chi connectivity index (χ3n) is 4.02. The molecule has 1 aliphatic carbocycles. The van der Waals surface area contributed by atoms with Crippen molar-refractivity contribution in [2.45, 2.75) is 6.54 Å². The second-order valence-electron chi connectivity index (χ2n) is 5.20. The molecule has 0 aromatic heterocycles. The first-order chi connectivity index (χ1) is 8.64. The van der Waals surface area contributed by atoms with Gasteiger partial charge in [0.05, 0.1) is 12.5 Å². The average molecular weight is 245 g/mol. The van der Waals surface area contributed by atoms with Crippen molar-refractivity contribution in [3.05, 3.63) is 36.2 Å². The zero-order chi connectivity index (χ0) is 12.8. The number of amides is 1. The van der Waals surface area contributed by atoms with Gasteiger partial charge in [-0.05, 0) is 30.0 Å². The predicted octanol–water partition coefficient (Wildman–Crippen LogP) is 0.817. The molecule has 0 spiro atoms. The smallest absolute Gasteiger partial charge is 0.225 e. The number of nitrogens with two attached hydrogens (primary N) is 1. The van der Waals surface area contributed by atoms with E-state index < -0.39 is 0 Å². The van der Waals surface area contributed by atoms with E-state index in [1.54, 1.807) is 7.11 Å². The molecule has 1 amide bonds. The van der Waals surface area contributed by atoms with Gasteiger partial charge in [0.2, 0.25) is 5.91 Å². The van der Waals surface area contributed by atoms with Crippen LogP contribution in [-0.4, -0.2) is 31.0 Å². The second-order valence-corrected chi connectivity index (χ2v) is 5.20. The summed E-state index contributed by atoms with van der Waals surface area (Å²) in [5, 5.41) is 0. The van der Waals surface area contributed by atoms with Gasteiger partial charge in [-0.3, -0.25) is 9.69 Å². The minimum Gasteiger partial charge on any atom is -0.497 e. The fraction of sp³-hybridized carbons (Fsp3) is 0.429. The molecular formula is C14H17N2O2. The molecule has 1 saturated heterocycles. The van der Waals surface area contributed by atoms with Crippen molar-refractivity contribution in [3.63, 3.8) is 0 Å². The Morgan fingerprint density at radius 1 is 1.50 bits per heavy atom. The van der Waals surface area contributed by atoms with E-state index in [0.717, 1.165) is 25.4 Å². The topological polar surface area (TPSA) is 55.6 Å². The number of fused-ring (bicyclic) bond motifs is 1. The van der Waals surface area contributed by atoms with Gasteiger partial charge in [-0.25, -0.2) is 0 Å². The van der Waals surface area contributed by atoms with Crippen LogP contribution in [0.5, 0.6) is 5.75 Å². The molecule has 2 unspecified atom stereocenters. The Morgan fingerprint density at radius 3 is 2.78 bits per heavy atom. The third-order valence-corrected chi connectivity index (χ3v) is 4.02. The van der Waals surface area contributed by atoms with Crippen LogP contribution in [0.1, 0.15) is 5.56 Å². The lowest BCUT2D eigenvalue weighted by molar-refractivity contribution is -0.122. The van der Waals surface area contributed by atoms with E-state index in [1.807, 2.05) is 12.1 Å². The van der Waals surface area contributed by atoms with Gasteiger partial charge in [0.1, 0.15) is 5.75 Å². The second kappa shape index (κ2) is 3.99. The highest BCUT2D eigenvalue weighted by Gasteiger charge is 2.64. The number of likely N-dealkylation sites (tertiary alicyclic amines) is 1. The van der Waals surface area contributed by atoms with Crippen molar-refractivity contribution in [2.24, 2.45) is 17.1 Å². The maximum absolute atomic E-state index is 11.4. The molecule has 2 aliphatic rings. The van der Waals surface area contributed by atoms with Crippen molar-refractivity contribution in [3.8, 4) is 5.75 Å². The predicted molar refractivity (Wildman–Crippen MR) is 67.7 cm³/mol. The largest absolute Gasteiger partial charge is 0.497 e. The maximum Gasteiger partial charge on any atom is 0.225 e. The van der Waals surface area contributed by atoms with Crippen LogP contribution in [-0.2, 0) is 11.3 Å². The Labute approximate surface area is 107 Å². The van der Waals surface area contributed by atoms with Crippen LogP contribution in [0.25, 0.3) is 0 Å². The molecule has 0 bridgehead atoms. The van der Waals surface area contributed by atoms with Crippen molar-refractivity contribution >= 4 is 5.91 Å². The van der Waals surface area contributed by atoms with Crippen LogP contribution in [0.3, 0.4) is 0 Å². The zero-order valence-corrected chi connectivity index (χ0v) is 10.4. The zero-order valence-electron chi connectivity index (χ0n) is 10.4. The van der Waals surface area contributed by atoms with Crippen LogP contribution >= 0.6 is 0 Å². The Bertz CT molecular complexity index is 471. The number of primary amides is 1. The number of benzene rings is 1. The summed E-state index contributed by atoms with van der Waals surface area (Å²) in [4.78, 5) is 13.7. The lowest BCUT2D eigenvalue weighted by atomic mass is 10.1. The number of piperidine rings is 1. The molecule has 1 aromatic carbocycles. The number of rotatable bonds is 4. The number of carbonyl (C=O) groups excluding carboxylic acids is 1. The summed E-state index contributed by atoms with van der Waals surface area (Å²) in [5.74, 6) is 1.06. The lowest BCUT2D eigenvalue weighted by Crippen LogP contribution is -2.32. The van der Waals surface area contributed by atoms with Crippen LogP contribution < -0.4 is 10.5 Å². The fourth-order valence-electron chi connectivity index (χ4n) is 2.86. The summed E-state index contributed by atoms with van der Waals surface area (Å²) < 4.78 is 5.13. The van der Waals surface area contributed by atoms with Crippen LogP contribution in [0.15, 0.2) is 24.3 Å². The van der Waals surface area contributed by atoms with E-state index in [-0.39, 0.29) is 11.3 Å².